The molecule has 1 heterocycles. The number of nitrogens with zero attached hydrogens (tertiary/aromatic N) is 2. The highest BCUT2D eigenvalue weighted by Crippen LogP contribution is 2.27. The number of hydrogen-bond acceptors (Lipinski definition) is 3. The zero-order valence-electron chi connectivity index (χ0n) is 15.9. The van der Waals surface area contributed by atoms with Crippen LogP contribution in [0.1, 0.15) is 29.3 Å². The molecule has 0 bridgehead atoms. The van der Waals surface area contributed by atoms with Crippen molar-refractivity contribution in [2.24, 2.45) is 0 Å². The van der Waals surface area contributed by atoms with Crippen LogP contribution in [0.4, 0.5) is 10.1 Å². The topological polar surface area (TPSA) is 50.3 Å². The second kappa shape index (κ2) is 8.57. The van der Waals surface area contributed by atoms with Gasteiger partial charge in [-0.25, -0.2) is 4.39 Å². The summed E-state index contributed by atoms with van der Waals surface area (Å²) in [7, 11) is 1.63. The summed E-state index contributed by atoms with van der Waals surface area (Å²) < 4.78 is 14.6. The molecule has 4 nitrogen and oxygen atoms in total. The van der Waals surface area contributed by atoms with Crippen molar-refractivity contribution >= 4 is 17.4 Å². The highest BCUT2D eigenvalue weighted by Gasteiger charge is 2.13. The van der Waals surface area contributed by atoms with Crippen LogP contribution in [-0.2, 0) is 11.2 Å². The molecular weight excluding hydrogens is 355 g/mol. The average molecular weight is 376 g/mol. The second-order valence-electron chi connectivity index (χ2n) is 6.50. The van der Waals surface area contributed by atoms with Gasteiger partial charge in [-0.15, -0.1) is 0 Å². The van der Waals surface area contributed by atoms with Crippen LogP contribution in [0.5, 0.6) is 0 Å². The number of carbonyl (C=O) groups excluding carboxylic acids is 2. The summed E-state index contributed by atoms with van der Waals surface area (Å²) in [5, 5.41) is 0. The van der Waals surface area contributed by atoms with E-state index < -0.39 is 5.82 Å². The Balaban J connectivity index is 1.78. The van der Waals surface area contributed by atoms with Crippen molar-refractivity contribution < 1.29 is 14.0 Å². The average Bonchev–Trinajstić information content (AvgIpc) is 2.73. The first-order valence-electron chi connectivity index (χ1n) is 9.08. The summed E-state index contributed by atoms with van der Waals surface area (Å²) in [6, 6.07) is 15.2. The van der Waals surface area contributed by atoms with E-state index in [1.54, 1.807) is 62.8 Å². The molecule has 2 aromatic carbocycles. The lowest BCUT2D eigenvalue weighted by atomic mass is 9.99. The van der Waals surface area contributed by atoms with E-state index >= 15 is 0 Å². The lowest BCUT2D eigenvalue weighted by Gasteiger charge is -2.17. The van der Waals surface area contributed by atoms with Crippen molar-refractivity contribution in [1.82, 2.24) is 4.98 Å². The number of benzene rings is 2. The standard InChI is InChI=1S/C23H21FN2O2/c1-3-23(28)26(2)19-8-9-20(21(24)15-19)17-4-6-18(7-5-17)22(27)14-16-10-12-25-13-11-16/h4-13,15H,3,14H2,1-2H3. The van der Waals surface area contributed by atoms with E-state index in [9.17, 15) is 14.0 Å². The Morgan fingerprint density at radius 3 is 2.29 bits per heavy atom. The van der Waals surface area contributed by atoms with Crippen molar-refractivity contribution in [3.8, 4) is 11.1 Å². The second-order valence-corrected chi connectivity index (χ2v) is 6.50. The van der Waals surface area contributed by atoms with Gasteiger partial charge in [0.05, 0.1) is 0 Å². The van der Waals surface area contributed by atoms with E-state index in [1.807, 2.05) is 12.1 Å². The SMILES string of the molecule is CCC(=O)N(C)c1ccc(-c2ccc(C(=O)Cc3ccncc3)cc2)c(F)c1. The van der Waals surface area contributed by atoms with E-state index in [1.165, 1.54) is 11.0 Å². The van der Waals surface area contributed by atoms with Gasteiger partial charge >= 0.3 is 0 Å². The Labute approximate surface area is 163 Å². The molecule has 28 heavy (non-hydrogen) atoms. The van der Waals surface area contributed by atoms with Crippen molar-refractivity contribution in [3.05, 3.63) is 83.9 Å². The number of ketones is 1. The van der Waals surface area contributed by atoms with Crippen molar-refractivity contribution in [2.45, 2.75) is 19.8 Å². The summed E-state index contributed by atoms with van der Waals surface area (Å²) in [6.45, 7) is 1.76. The molecule has 5 heteroatoms. The summed E-state index contributed by atoms with van der Waals surface area (Å²) >= 11 is 0. The Morgan fingerprint density at radius 2 is 1.68 bits per heavy atom. The smallest absolute Gasteiger partial charge is 0.226 e. The largest absolute Gasteiger partial charge is 0.315 e. The van der Waals surface area contributed by atoms with Crippen LogP contribution in [0.15, 0.2) is 67.0 Å². The molecule has 0 aliphatic carbocycles. The lowest BCUT2D eigenvalue weighted by Crippen LogP contribution is -2.25. The molecule has 3 rings (SSSR count). The molecule has 0 aliphatic rings. The fourth-order valence-electron chi connectivity index (χ4n) is 2.95. The number of rotatable bonds is 6. The molecule has 1 aromatic heterocycles. The van der Waals surface area contributed by atoms with Crippen LogP contribution in [0, 0.1) is 5.82 Å². The van der Waals surface area contributed by atoms with Gasteiger partial charge < -0.3 is 4.90 Å². The minimum absolute atomic E-state index is 0.00623. The first kappa shape index (κ1) is 19.4. The molecule has 0 atom stereocenters. The maximum Gasteiger partial charge on any atom is 0.226 e. The molecule has 0 aliphatic heterocycles. The molecule has 0 saturated heterocycles. The molecule has 142 valence electrons. The van der Waals surface area contributed by atoms with Crippen LogP contribution in [0.25, 0.3) is 11.1 Å². The lowest BCUT2D eigenvalue weighted by molar-refractivity contribution is -0.118. The van der Waals surface area contributed by atoms with Crippen LogP contribution < -0.4 is 4.90 Å². The number of hydrogen-bond donors (Lipinski definition) is 0. The number of aromatic nitrogens is 1. The third-order valence-corrected chi connectivity index (χ3v) is 4.65. The van der Waals surface area contributed by atoms with Gasteiger partial charge in [0, 0.05) is 49.1 Å². The molecule has 0 radical (unpaired) electrons. The molecule has 1 amide bonds. The monoisotopic (exact) mass is 376 g/mol. The first-order valence-corrected chi connectivity index (χ1v) is 9.08. The molecule has 3 aromatic rings. The van der Waals surface area contributed by atoms with Gasteiger partial charge in [0.25, 0.3) is 0 Å². The highest BCUT2D eigenvalue weighted by molar-refractivity contribution is 5.98. The number of carbonyl (C=O) groups is 2. The van der Waals surface area contributed by atoms with E-state index in [4.69, 9.17) is 0 Å². The van der Waals surface area contributed by atoms with Gasteiger partial charge in [0.15, 0.2) is 5.78 Å². The molecule has 0 spiro atoms. The third-order valence-electron chi connectivity index (χ3n) is 4.65. The highest BCUT2D eigenvalue weighted by atomic mass is 19.1. The Bertz CT molecular complexity index is 985. The zero-order valence-corrected chi connectivity index (χ0v) is 15.9. The van der Waals surface area contributed by atoms with Crippen molar-refractivity contribution in [3.63, 3.8) is 0 Å². The van der Waals surface area contributed by atoms with Crippen LogP contribution >= 0.6 is 0 Å². The molecule has 0 fully saturated rings. The Kier molecular flexibility index (Phi) is 5.94. The summed E-state index contributed by atoms with van der Waals surface area (Å²) in [5.41, 5.74) is 3.09. The normalized spacial score (nSPS) is 10.5. The van der Waals surface area contributed by atoms with E-state index in [2.05, 4.69) is 4.98 Å². The summed E-state index contributed by atoms with van der Waals surface area (Å²) in [6.07, 6.45) is 3.96. The van der Waals surface area contributed by atoms with Gasteiger partial charge in [-0.1, -0.05) is 31.2 Å². The maximum absolute atomic E-state index is 14.6. The predicted molar refractivity (Wildman–Crippen MR) is 108 cm³/mol. The van der Waals surface area contributed by atoms with Crippen LogP contribution in [0.3, 0.4) is 0 Å². The molecular formula is C23H21FN2O2. The number of pyridine rings is 1. The zero-order chi connectivity index (χ0) is 20.1. The van der Waals surface area contributed by atoms with Crippen molar-refractivity contribution in [1.29, 1.82) is 0 Å². The van der Waals surface area contributed by atoms with Crippen molar-refractivity contribution in [2.75, 3.05) is 11.9 Å². The minimum Gasteiger partial charge on any atom is -0.315 e. The van der Waals surface area contributed by atoms with E-state index in [-0.39, 0.29) is 11.7 Å². The predicted octanol–water partition coefficient (Wildman–Crippen LogP) is 4.69. The summed E-state index contributed by atoms with van der Waals surface area (Å²) in [4.78, 5) is 29.6. The summed E-state index contributed by atoms with van der Waals surface area (Å²) in [5.74, 6) is -0.499. The third kappa shape index (κ3) is 4.31. The van der Waals surface area contributed by atoms with Gasteiger partial charge in [-0.2, -0.15) is 0 Å². The van der Waals surface area contributed by atoms with E-state index in [0.717, 1.165) is 5.56 Å². The van der Waals surface area contributed by atoms with Gasteiger partial charge in [-0.05, 0) is 41.5 Å². The van der Waals surface area contributed by atoms with Crippen LogP contribution in [-0.4, -0.2) is 23.7 Å². The van der Waals surface area contributed by atoms with E-state index in [0.29, 0.717) is 35.2 Å². The Hall–Kier alpha value is -3.34. The van der Waals surface area contributed by atoms with Crippen LogP contribution in [0.2, 0.25) is 0 Å². The first-order chi connectivity index (χ1) is 13.5. The minimum atomic E-state index is -0.413. The quantitative estimate of drug-likeness (QED) is 0.587. The Morgan fingerprint density at radius 1 is 1.00 bits per heavy atom. The fraction of sp³-hybridized carbons (Fsp3) is 0.174. The fourth-order valence-corrected chi connectivity index (χ4v) is 2.95. The number of anilines is 1. The molecule has 0 unspecified atom stereocenters. The number of halogens is 1. The van der Waals surface area contributed by atoms with Gasteiger partial charge in [0.2, 0.25) is 5.91 Å². The number of Topliss-reactive ketones (excluding diaryl/α,β-unsaturated/α-hetero) is 1. The van der Waals surface area contributed by atoms with Gasteiger partial charge in [0.1, 0.15) is 5.82 Å². The molecule has 0 N–H and O–H groups in total. The molecule has 0 saturated carbocycles. The number of amides is 1. The maximum atomic E-state index is 14.6. The van der Waals surface area contributed by atoms with Gasteiger partial charge in [-0.3, -0.25) is 14.6 Å².